The molecule has 3 rings (SSSR count). The van der Waals surface area contributed by atoms with Crippen LogP contribution in [0.4, 0.5) is 0 Å². The number of nitrogens with zero attached hydrogens (tertiary/aromatic N) is 8. The van der Waals surface area contributed by atoms with Crippen molar-refractivity contribution in [3.63, 3.8) is 0 Å². The number of carboxylic acid groups (broad SMARTS) is 2. The zero-order valence-electron chi connectivity index (χ0n) is 15.1. The number of rotatable bonds is 0. The topological polar surface area (TPSA) is 223 Å². The molecule has 2 heterocycles. The molecule has 3 aromatic rings. The first kappa shape index (κ1) is 30.0. The molecule has 13 heteroatoms. The Morgan fingerprint density at radius 3 is 1.24 bits per heavy atom. The van der Waals surface area contributed by atoms with Gasteiger partial charge in [-0.25, -0.2) is 0 Å². The normalized spacial score (nSPS) is 7.52. The van der Waals surface area contributed by atoms with Gasteiger partial charge in [0, 0.05) is 35.1 Å². The van der Waals surface area contributed by atoms with Crippen LogP contribution in [0.25, 0.3) is 53.8 Å². The maximum Gasteiger partial charge on any atom is 4.00 e. The molecule has 29 heavy (non-hydrogen) atoms. The van der Waals surface area contributed by atoms with Gasteiger partial charge in [-0.05, 0) is 26.0 Å². The molecule has 152 valence electrons. The number of aromatic nitrogens is 2. The summed E-state index contributed by atoms with van der Waals surface area (Å²) in [5.41, 5.74) is 29.0. The van der Waals surface area contributed by atoms with Crippen LogP contribution < -0.4 is 10.2 Å². The molecule has 0 bridgehead atoms. The van der Waals surface area contributed by atoms with Crippen LogP contribution in [0.2, 0.25) is 0 Å². The standard InChI is InChI=1S/C12H8N2.2C2H4O2.2N3.Pt/c1-3-9-5-6-10-4-2-8-14-12(10)11(9)13-7-1;2*1-2(3)4;2*1-3-2;/h1-8H;2*1H3,(H,3,4);;;/q;;;2*-1;+4/p-2. The molecule has 0 aliphatic carbocycles. The van der Waals surface area contributed by atoms with Crippen LogP contribution in [0.15, 0.2) is 48.8 Å². The molecule has 0 unspecified atom stereocenters. The van der Waals surface area contributed by atoms with Crippen LogP contribution in [-0.2, 0) is 30.7 Å². The summed E-state index contributed by atoms with van der Waals surface area (Å²) in [5.74, 6) is -2.17. The molecule has 1 aromatic carbocycles. The molecular weight excluding hydrogens is 563 g/mol. The number of fused-ring (bicyclic) bond motifs is 3. The number of pyridine rings is 2. The fraction of sp³-hybridized carbons (Fsp3) is 0.125. The minimum atomic E-state index is -1.08. The average Bonchev–Trinajstić information content (AvgIpc) is 2.62. The molecule has 0 radical (unpaired) electrons. The van der Waals surface area contributed by atoms with Crippen LogP contribution >= 0.6 is 0 Å². The Hall–Kier alpha value is -3.71. The maximum absolute atomic E-state index is 8.89. The van der Waals surface area contributed by atoms with Gasteiger partial charge in [0.25, 0.3) is 0 Å². The molecule has 0 fully saturated rings. The number of carboxylic acids is 2. The molecule has 12 nitrogen and oxygen atoms in total. The Labute approximate surface area is 179 Å². The van der Waals surface area contributed by atoms with Crippen molar-refractivity contribution in [3.8, 4) is 0 Å². The summed E-state index contributed by atoms with van der Waals surface area (Å²) in [6.07, 6.45) is 3.60. The van der Waals surface area contributed by atoms with E-state index in [0.717, 1.165) is 35.7 Å². The number of benzene rings is 1. The van der Waals surface area contributed by atoms with E-state index in [1.807, 2.05) is 12.1 Å². The number of carbonyl (C=O) groups excluding carboxylic acids is 2. The third-order valence-electron chi connectivity index (χ3n) is 2.34. The van der Waals surface area contributed by atoms with Crippen LogP contribution in [0, 0.1) is 0 Å². The third-order valence-corrected chi connectivity index (χ3v) is 2.34. The summed E-state index contributed by atoms with van der Waals surface area (Å²) >= 11 is 0. The monoisotopic (exact) mass is 577 g/mol. The van der Waals surface area contributed by atoms with E-state index in [1.165, 1.54) is 9.82 Å². The second kappa shape index (κ2) is 19.1. The van der Waals surface area contributed by atoms with Gasteiger partial charge >= 0.3 is 21.1 Å². The molecule has 0 aliphatic heterocycles. The number of hydrogen-bond donors (Lipinski definition) is 0. The van der Waals surface area contributed by atoms with Gasteiger partial charge in [0.2, 0.25) is 0 Å². The molecular formula is C16H14N8O4Pt. The van der Waals surface area contributed by atoms with Crippen molar-refractivity contribution in [2.45, 2.75) is 13.8 Å². The Kier molecular flexibility index (Phi) is 19.7. The maximum atomic E-state index is 8.89. The number of aliphatic carboxylic acids is 2. The Bertz CT molecular complexity index is 884. The van der Waals surface area contributed by atoms with Gasteiger partial charge in [0.1, 0.15) is 0 Å². The quantitative estimate of drug-likeness (QED) is 0.168. The molecule has 0 amide bonds. The van der Waals surface area contributed by atoms with Crippen LogP contribution in [-0.4, -0.2) is 21.9 Å². The van der Waals surface area contributed by atoms with Crippen molar-refractivity contribution >= 4 is 33.7 Å². The van der Waals surface area contributed by atoms with Gasteiger partial charge in [0.05, 0.1) is 11.0 Å². The zero-order valence-corrected chi connectivity index (χ0v) is 17.4. The molecule has 0 N–H and O–H groups in total. The van der Waals surface area contributed by atoms with Crippen LogP contribution in [0.1, 0.15) is 13.8 Å². The van der Waals surface area contributed by atoms with Gasteiger partial charge in [-0.1, -0.05) is 24.3 Å². The molecule has 0 spiro atoms. The summed E-state index contributed by atoms with van der Waals surface area (Å²) in [5, 5.41) is 20.1. The Morgan fingerprint density at radius 1 is 0.759 bits per heavy atom. The Balaban J connectivity index is -0.000000380. The van der Waals surface area contributed by atoms with E-state index in [2.05, 4.69) is 34.2 Å². The van der Waals surface area contributed by atoms with Crippen LogP contribution in [0.5, 0.6) is 0 Å². The molecule has 0 aliphatic rings. The first-order valence-corrected chi connectivity index (χ1v) is 7.15. The fourth-order valence-electron chi connectivity index (χ4n) is 1.68. The van der Waals surface area contributed by atoms with Crippen molar-refractivity contribution in [3.05, 3.63) is 80.7 Å². The molecule has 0 saturated heterocycles. The van der Waals surface area contributed by atoms with Crippen molar-refractivity contribution in [1.82, 2.24) is 9.97 Å². The second-order valence-electron chi connectivity index (χ2n) is 4.38. The smallest absolute Gasteiger partial charge is 0.550 e. The van der Waals surface area contributed by atoms with Crippen molar-refractivity contribution in [1.29, 1.82) is 0 Å². The zero-order chi connectivity index (χ0) is 21.9. The van der Waals surface area contributed by atoms with E-state index in [-0.39, 0.29) is 21.1 Å². The van der Waals surface area contributed by atoms with Crippen molar-refractivity contribution in [2.75, 3.05) is 0 Å². The SMILES string of the molecule is CC(=O)[O-].CC(=O)[O-].[N-]=[N+]=[N-].[N-]=[N+]=[N-].[Pt+4].c1cnc2c(c1)ccc1cccnc12. The van der Waals surface area contributed by atoms with E-state index in [4.69, 9.17) is 41.9 Å². The van der Waals surface area contributed by atoms with E-state index in [0.29, 0.717) is 0 Å². The van der Waals surface area contributed by atoms with E-state index in [9.17, 15) is 0 Å². The Morgan fingerprint density at radius 2 is 1.00 bits per heavy atom. The number of carbonyl (C=O) groups is 2. The third kappa shape index (κ3) is 16.2. The van der Waals surface area contributed by atoms with Gasteiger partial charge in [-0.15, -0.1) is 0 Å². The summed E-state index contributed by atoms with van der Waals surface area (Å²) in [4.78, 5) is 29.5. The van der Waals surface area contributed by atoms with Gasteiger partial charge in [-0.3, -0.25) is 19.8 Å². The predicted molar refractivity (Wildman–Crippen MR) is 98.6 cm³/mol. The van der Waals surface area contributed by atoms with Gasteiger partial charge < -0.3 is 41.9 Å². The largest absolute Gasteiger partial charge is 4.00 e. The van der Waals surface area contributed by atoms with E-state index >= 15 is 0 Å². The first-order chi connectivity index (χ1) is 13.2. The summed E-state index contributed by atoms with van der Waals surface area (Å²) < 4.78 is 0. The average molecular weight is 577 g/mol. The van der Waals surface area contributed by atoms with Gasteiger partial charge in [0.15, 0.2) is 0 Å². The van der Waals surface area contributed by atoms with Gasteiger partial charge in [-0.2, -0.15) is 0 Å². The van der Waals surface area contributed by atoms with Crippen molar-refractivity contribution < 1.29 is 40.9 Å². The summed E-state index contributed by atoms with van der Waals surface area (Å²) in [7, 11) is 0. The second-order valence-corrected chi connectivity index (χ2v) is 4.38. The molecule has 0 saturated carbocycles. The predicted octanol–water partition coefficient (Wildman–Crippen LogP) is 2.03. The molecule has 0 atom stereocenters. The molecule has 2 aromatic heterocycles. The minimum Gasteiger partial charge on any atom is -0.550 e. The van der Waals surface area contributed by atoms with Crippen molar-refractivity contribution in [2.24, 2.45) is 0 Å². The van der Waals surface area contributed by atoms with Crippen LogP contribution in [0.3, 0.4) is 0 Å². The van der Waals surface area contributed by atoms with E-state index in [1.54, 1.807) is 12.4 Å². The summed E-state index contributed by atoms with van der Waals surface area (Å²) in [6, 6.07) is 12.1. The fourth-order valence-corrected chi connectivity index (χ4v) is 1.68. The number of hydrogen-bond acceptors (Lipinski definition) is 6. The summed E-state index contributed by atoms with van der Waals surface area (Å²) in [6.45, 7) is 1.94. The first-order valence-electron chi connectivity index (χ1n) is 7.15. The minimum absolute atomic E-state index is 0. The van der Waals surface area contributed by atoms with E-state index < -0.39 is 11.9 Å².